The molecule has 3 aromatic rings. The van der Waals surface area contributed by atoms with Gasteiger partial charge in [-0.2, -0.15) is 10.1 Å². The van der Waals surface area contributed by atoms with Gasteiger partial charge in [0.25, 0.3) is 18.8 Å². The molecular weight excluding hydrogens is 422 g/mol. The van der Waals surface area contributed by atoms with Crippen molar-refractivity contribution >= 4 is 33.9 Å². The Morgan fingerprint density at radius 2 is 1.93 bits per heavy atom. The van der Waals surface area contributed by atoms with Gasteiger partial charge in [-0.05, 0) is 31.2 Å². The molecule has 0 bridgehead atoms. The van der Waals surface area contributed by atoms with Gasteiger partial charge in [-0.15, -0.1) is 11.3 Å². The molecule has 1 aliphatic heterocycles. The SMILES string of the molecule is Cc1ccc(-c2cc(C(=O)N3N=C(C(F)F)C[C@@]3(O)C(F)F)c3ccccc3n2)s1. The van der Waals surface area contributed by atoms with Crippen molar-refractivity contribution in [3.63, 3.8) is 0 Å². The second kappa shape index (κ2) is 7.44. The number of pyridine rings is 1. The topological polar surface area (TPSA) is 65.8 Å². The van der Waals surface area contributed by atoms with Gasteiger partial charge in [0, 0.05) is 16.7 Å². The van der Waals surface area contributed by atoms with Crippen molar-refractivity contribution in [2.45, 2.75) is 31.9 Å². The van der Waals surface area contributed by atoms with Gasteiger partial charge in [-0.25, -0.2) is 22.5 Å². The number of halogens is 4. The molecular formula is C20H15F4N3O2S. The molecule has 0 spiro atoms. The van der Waals surface area contributed by atoms with Crippen LogP contribution in [0.3, 0.4) is 0 Å². The van der Waals surface area contributed by atoms with Gasteiger partial charge in [-0.1, -0.05) is 18.2 Å². The molecule has 3 heterocycles. The Balaban J connectivity index is 1.88. The van der Waals surface area contributed by atoms with Gasteiger partial charge < -0.3 is 5.11 Å². The van der Waals surface area contributed by atoms with Crippen molar-refractivity contribution in [3.8, 4) is 10.6 Å². The van der Waals surface area contributed by atoms with Gasteiger partial charge in [0.1, 0.15) is 5.71 Å². The summed E-state index contributed by atoms with van der Waals surface area (Å²) in [5.74, 6) is -1.11. The average molecular weight is 437 g/mol. The molecule has 0 saturated heterocycles. The van der Waals surface area contributed by atoms with Crippen molar-refractivity contribution in [3.05, 3.63) is 52.9 Å². The van der Waals surface area contributed by atoms with E-state index in [9.17, 15) is 27.5 Å². The highest BCUT2D eigenvalue weighted by molar-refractivity contribution is 7.15. The molecule has 0 fully saturated rings. The van der Waals surface area contributed by atoms with Gasteiger partial charge >= 0.3 is 0 Å². The summed E-state index contributed by atoms with van der Waals surface area (Å²) in [7, 11) is 0. The first-order chi connectivity index (χ1) is 14.2. The second-order valence-electron chi connectivity index (χ2n) is 6.85. The fraction of sp³-hybridized carbons (Fsp3) is 0.250. The number of rotatable bonds is 4. The molecule has 0 saturated carbocycles. The van der Waals surface area contributed by atoms with E-state index in [0.717, 1.165) is 9.75 Å². The average Bonchev–Trinajstić information content (AvgIpc) is 3.31. The van der Waals surface area contributed by atoms with Gasteiger partial charge in [-0.3, -0.25) is 4.79 Å². The van der Waals surface area contributed by atoms with E-state index in [-0.39, 0.29) is 10.6 Å². The summed E-state index contributed by atoms with van der Waals surface area (Å²) in [6.45, 7) is 1.90. The highest BCUT2D eigenvalue weighted by Crippen LogP contribution is 2.36. The van der Waals surface area contributed by atoms with Gasteiger partial charge in [0.15, 0.2) is 0 Å². The number of nitrogens with zero attached hydrogens (tertiary/aromatic N) is 3. The summed E-state index contributed by atoms with van der Waals surface area (Å²) in [5, 5.41) is 14.1. The van der Waals surface area contributed by atoms with Crippen LogP contribution in [0, 0.1) is 6.92 Å². The fourth-order valence-corrected chi connectivity index (χ4v) is 4.10. The molecule has 156 valence electrons. The minimum atomic E-state index is -3.49. The molecule has 0 unspecified atom stereocenters. The van der Waals surface area contributed by atoms with Crippen molar-refractivity contribution < 1.29 is 27.5 Å². The first kappa shape index (κ1) is 20.4. The maximum atomic E-state index is 13.6. The number of amides is 1. The van der Waals surface area contributed by atoms with E-state index in [1.807, 2.05) is 19.1 Å². The van der Waals surface area contributed by atoms with Crippen LogP contribution in [-0.4, -0.2) is 45.3 Å². The summed E-state index contributed by atoms with van der Waals surface area (Å²) >= 11 is 1.43. The quantitative estimate of drug-likeness (QED) is 0.602. The number of hydrogen-bond donors (Lipinski definition) is 1. The summed E-state index contributed by atoms with van der Waals surface area (Å²) < 4.78 is 53.3. The van der Waals surface area contributed by atoms with Crippen LogP contribution in [0.25, 0.3) is 21.5 Å². The number of hydrazone groups is 1. The molecule has 1 atom stereocenters. The lowest BCUT2D eigenvalue weighted by Gasteiger charge is -2.30. The van der Waals surface area contributed by atoms with Crippen LogP contribution in [0.1, 0.15) is 21.7 Å². The van der Waals surface area contributed by atoms with E-state index in [1.54, 1.807) is 24.3 Å². The molecule has 5 nitrogen and oxygen atoms in total. The molecule has 30 heavy (non-hydrogen) atoms. The summed E-state index contributed by atoms with van der Waals surface area (Å²) in [4.78, 5) is 19.5. The van der Waals surface area contributed by atoms with Crippen molar-refractivity contribution in [1.82, 2.24) is 9.99 Å². The number of fused-ring (bicyclic) bond motifs is 1. The lowest BCUT2D eigenvalue weighted by Crippen LogP contribution is -2.51. The molecule has 0 radical (unpaired) electrons. The highest BCUT2D eigenvalue weighted by Gasteiger charge is 2.53. The normalized spacial score (nSPS) is 19.2. The van der Waals surface area contributed by atoms with E-state index in [1.165, 1.54) is 17.4 Å². The van der Waals surface area contributed by atoms with E-state index in [4.69, 9.17) is 0 Å². The highest BCUT2D eigenvalue weighted by atomic mass is 32.1. The van der Waals surface area contributed by atoms with Crippen LogP contribution in [0.2, 0.25) is 0 Å². The van der Waals surface area contributed by atoms with Crippen LogP contribution < -0.4 is 0 Å². The number of alkyl halides is 4. The minimum absolute atomic E-state index is 0.0694. The number of aliphatic hydroxyl groups is 1. The van der Waals surface area contributed by atoms with Crippen LogP contribution in [0.15, 0.2) is 47.6 Å². The Kier molecular flexibility index (Phi) is 5.07. The number of para-hydroxylation sites is 1. The summed E-state index contributed by atoms with van der Waals surface area (Å²) in [6.07, 6.45) is -7.80. The predicted molar refractivity (Wildman–Crippen MR) is 105 cm³/mol. The maximum absolute atomic E-state index is 13.6. The summed E-state index contributed by atoms with van der Waals surface area (Å²) in [5.41, 5.74) is -3.35. The van der Waals surface area contributed by atoms with Crippen LogP contribution in [0.4, 0.5) is 17.6 Å². The third kappa shape index (κ3) is 3.35. The Bertz CT molecular complexity index is 1160. The molecule has 1 aliphatic rings. The van der Waals surface area contributed by atoms with E-state index in [0.29, 0.717) is 16.6 Å². The molecule has 10 heteroatoms. The van der Waals surface area contributed by atoms with Gasteiger partial charge in [0.05, 0.1) is 21.7 Å². The monoisotopic (exact) mass is 437 g/mol. The first-order valence-electron chi connectivity index (χ1n) is 8.88. The Morgan fingerprint density at radius 3 is 2.57 bits per heavy atom. The first-order valence-corrected chi connectivity index (χ1v) is 9.69. The zero-order valence-corrected chi connectivity index (χ0v) is 16.3. The van der Waals surface area contributed by atoms with Gasteiger partial charge in [0.2, 0.25) is 5.72 Å². The number of thiophene rings is 1. The predicted octanol–water partition coefficient (Wildman–Crippen LogP) is 4.69. The molecule has 4 rings (SSSR count). The smallest absolute Gasteiger partial charge is 0.287 e. The number of hydrogen-bond acceptors (Lipinski definition) is 5. The second-order valence-corrected chi connectivity index (χ2v) is 8.14. The third-order valence-electron chi connectivity index (χ3n) is 4.77. The number of benzene rings is 1. The zero-order valence-electron chi connectivity index (χ0n) is 15.5. The number of aromatic nitrogens is 1. The fourth-order valence-electron chi connectivity index (χ4n) is 3.27. The zero-order chi connectivity index (χ0) is 21.6. The molecule has 1 amide bonds. The van der Waals surface area contributed by atoms with E-state index < -0.39 is 36.6 Å². The van der Waals surface area contributed by atoms with Crippen LogP contribution in [0.5, 0.6) is 0 Å². The maximum Gasteiger partial charge on any atom is 0.287 e. The lowest BCUT2D eigenvalue weighted by molar-refractivity contribution is -0.164. The van der Waals surface area contributed by atoms with Crippen LogP contribution in [-0.2, 0) is 0 Å². The third-order valence-corrected chi connectivity index (χ3v) is 5.79. The van der Waals surface area contributed by atoms with E-state index in [2.05, 4.69) is 10.1 Å². The Morgan fingerprint density at radius 1 is 1.20 bits per heavy atom. The Hall–Kier alpha value is -2.85. The van der Waals surface area contributed by atoms with Crippen molar-refractivity contribution in [1.29, 1.82) is 0 Å². The molecule has 0 aliphatic carbocycles. The largest absolute Gasteiger partial charge is 0.364 e. The van der Waals surface area contributed by atoms with Crippen LogP contribution >= 0.6 is 11.3 Å². The van der Waals surface area contributed by atoms with Crippen molar-refractivity contribution in [2.24, 2.45) is 5.10 Å². The number of carbonyl (C=O) groups excluding carboxylic acids is 1. The Labute approximate surface area is 172 Å². The number of aryl methyl sites for hydroxylation is 1. The van der Waals surface area contributed by atoms with Crippen molar-refractivity contribution in [2.75, 3.05) is 0 Å². The minimum Gasteiger partial charge on any atom is -0.364 e. The molecule has 1 N–H and O–H groups in total. The molecule has 1 aromatic carbocycles. The summed E-state index contributed by atoms with van der Waals surface area (Å²) in [6, 6.07) is 11.6. The van der Waals surface area contributed by atoms with E-state index >= 15 is 0 Å². The number of carbonyl (C=O) groups is 1. The standard InChI is InChI=1S/C20H15F4N3O2S/c1-10-6-7-16(30-10)14-8-12(11-4-2-3-5-13(11)25-14)18(28)27-20(29,19(23)24)9-15(26-27)17(21)22/h2-8,17,19,29H,9H2,1H3/t20-/m1/s1. The molecule has 2 aromatic heterocycles. The lowest BCUT2D eigenvalue weighted by atomic mass is 10.0.